The predicted molar refractivity (Wildman–Crippen MR) is 123 cm³/mol. The van der Waals surface area contributed by atoms with Gasteiger partial charge in [-0.25, -0.2) is 0 Å². The van der Waals surface area contributed by atoms with Crippen LogP contribution in [-0.4, -0.2) is 40.2 Å². The number of hydrogen-bond donors (Lipinski definition) is 3. The Hall–Kier alpha value is -3.72. The van der Waals surface area contributed by atoms with Crippen LogP contribution in [0, 0.1) is 0 Å². The van der Waals surface area contributed by atoms with Crippen LogP contribution in [-0.2, 0) is 16.1 Å². The first-order valence-corrected chi connectivity index (χ1v) is 11.3. The number of nitrogen functional groups attached to an aromatic ring is 1. The zero-order valence-corrected chi connectivity index (χ0v) is 19.0. The number of imide groups is 2. The highest BCUT2D eigenvalue weighted by atomic mass is 16.5. The molecule has 0 spiro atoms. The summed E-state index contributed by atoms with van der Waals surface area (Å²) in [5.74, 6) is -1.28. The number of carbonyl (C=O) groups is 4. The Morgan fingerprint density at radius 1 is 1.15 bits per heavy atom. The van der Waals surface area contributed by atoms with Crippen molar-refractivity contribution in [1.82, 2.24) is 15.5 Å². The number of nitrogens with one attached hydrogen (secondary N) is 2. The van der Waals surface area contributed by atoms with Crippen molar-refractivity contribution >= 4 is 29.3 Å². The number of amides is 4. The van der Waals surface area contributed by atoms with Gasteiger partial charge in [-0.05, 0) is 50.1 Å². The second-order valence-electron chi connectivity index (χ2n) is 9.58. The van der Waals surface area contributed by atoms with Gasteiger partial charge in [0.05, 0.1) is 11.1 Å². The number of rotatable bonds is 4. The Morgan fingerprint density at radius 3 is 2.71 bits per heavy atom. The topological polar surface area (TPSA) is 131 Å². The highest BCUT2D eigenvalue weighted by molar-refractivity contribution is 6.24. The number of hydrogen-bond acceptors (Lipinski definition) is 7. The third-order valence-electron chi connectivity index (χ3n) is 6.58. The summed E-state index contributed by atoms with van der Waals surface area (Å²) < 4.78 is 6.10. The molecule has 9 heteroatoms. The summed E-state index contributed by atoms with van der Waals surface area (Å²) in [6.45, 7) is 4.36. The van der Waals surface area contributed by atoms with Gasteiger partial charge in [0.15, 0.2) is 0 Å². The van der Waals surface area contributed by atoms with Gasteiger partial charge < -0.3 is 15.8 Å². The fourth-order valence-corrected chi connectivity index (χ4v) is 5.02. The first kappa shape index (κ1) is 22.1. The van der Waals surface area contributed by atoms with Crippen molar-refractivity contribution in [1.29, 1.82) is 0 Å². The molecule has 0 aromatic heterocycles. The molecule has 2 aromatic rings. The number of piperidine rings is 1. The SMILES string of the molecule is CC1(C)CC(NCc2cccc3c2C(=O)N(C2CCC(=O)NC2=O)C3=O)c2cc(N)ccc2O1. The van der Waals surface area contributed by atoms with E-state index in [2.05, 4.69) is 10.6 Å². The Morgan fingerprint density at radius 2 is 1.94 bits per heavy atom. The summed E-state index contributed by atoms with van der Waals surface area (Å²) in [6.07, 6.45) is 0.896. The smallest absolute Gasteiger partial charge is 0.262 e. The van der Waals surface area contributed by atoms with E-state index in [9.17, 15) is 19.2 Å². The number of nitrogens with two attached hydrogens (primary N) is 1. The van der Waals surface area contributed by atoms with Crippen molar-refractivity contribution in [3.05, 3.63) is 58.7 Å². The Bertz CT molecular complexity index is 1240. The van der Waals surface area contributed by atoms with Gasteiger partial charge in [-0.2, -0.15) is 0 Å². The van der Waals surface area contributed by atoms with Gasteiger partial charge in [0.25, 0.3) is 11.8 Å². The maximum Gasteiger partial charge on any atom is 0.262 e. The second kappa shape index (κ2) is 7.95. The number of nitrogens with zero attached hydrogens (tertiary/aromatic N) is 1. The molecule has 1 fully saturated rings. The summed E-state index contributed by atoms with van der Waals surface area (Å²) in [6, 6.07) is 9.61. The molecule has 3 aliphatic heterocycles. The van der Waals surface area contributed by atoms with Crippen LogP contribution in [0.5, 0.6) is 5.75 Å². The maximum atomic E-state index is 13.3. The summed E-state index contributed by atoms with van der Waals surface area (Å²) in [7, 11) is 0. The lowest BCUT2D eigenvalue weighted by atomic mass is 9.89. The first-order valence-electron chi connectivity index (χ1n) is 11.3. The summed E-state index contributed by atoms with van der Waals surface area (Å²) in [5, 5.41) is 5.73. The van der Waals surface area contributed by atoms with E-state index < -0.39 is 35.3 Å². The molecule has 2 aromatic carbocycles. The molecule has 2 atom stereocenters. The first-order chi connectivity index (χ1) is 16.1. The van der Waals surface area contributed by atoms with Crippen molar-refractivity contribution in [2.75, 3.05) is 5.73 Å². The molecule has 0 radical (unpaired) electrons. The molecule has 9 nitrogen and oxygen atoms in total. The molecule has 2 unspecified atom stereocenters. The zero-order valence-electron chi connectivity index (χ0n) is 19.0. The van der Waals surface area contributed by atoms with Crippen LogP contribution in [0.25, 0.3) is 0 Å². The third kappa shape index (κ3) is 3.71. The van der Waals surface area contributed by atoms with Crippen molar-refractivity contribution in [3.63, 3.8) is 0 Å². The van der Waals surface area contributed by atoms with Crippen molar-refractivity contribution in [3.8, 4) is 5.75 Å². The van der Waals surface area contributed by atoms with Gasteiger partial charge in [0.1, 0.15) is 17.4 Å². The lowest BCUT2D eigenvalue weighted by Gasteiger charge is -2.38. The van der Waals surface area contributed by atoms with Crippen LogP contribution < -0.4 is 21.1 Å². The molecular formula is C25H26N4O5. The van der Waals surface area contributed by atoms with Crippen LogP contribution in [0.1, 0.15) is 71.0 Å². The van der Waals surface area contributed by atoms with E-state index in [1.54, 1.807) is 24.3 Å². The summed E-state index contributed by atoms with van der Waals surface area (Å²) >= 11 is 0. The molecule has 4 N–H and O–H groups in total. The largest absolute Gasteiger partial charge is 0.487 e. The van der Waals surface area contributed by atoms with Gasteiger partial charge in [0.2, 0.25) is 11.8 Å². The molecule has 0 saturated carbocycles. The minimum Gasteiger partial charge on any atom is -0.487 e. The Kier molecular flexibility index (Phi) is 5.16. The molecule has 0 bridgehead atoms. The molecule has 1 saturated heterocycles. The number of anilines is 1. The second-order valence-corrected chi connectivity index (χ2v) is 9.58. The lowest BCUT2D eigenvalue weighted by molar-refractivity contribution is -0.136. The number of benzene rings is 2. The molecule has 3 heterocycles. The molecule has 5 rings (SSSR count). The highest BCUT2D eigenvalue weighted by Gasteiger charge is 2.45. The average molecular weight is 463 g/mol. The van der Waals surface area contributed by atoms with E-state index >= 15 is 0 Å². The molecule has 4 amide bonds. The van der Waals surface area contributed by atoms with Gasteiger partial charge in [0, 0.05) is 36.7 Å². The minimum atomic E-state index is -0.989. The van der Waals surface area contributed by atoms with E-state index in [-0.39, 0.29) is 24.4 Å². The van der Waals surface area contributed by atoms with Crippen LogP contribution in [0.4, 0.5) is 5.69 Å². The van der Waals surface area contributed by atoms with Crippen LogP contribution in [0.15, 0.2) is 36.4 Å². The van der Waals surface area contributed by atoms with Crippen molar-refractivity contribution < 1.29 is 23.9 Å². The quantitative estimate of drug-likeness (QED) is 0.468. The zero-order chi connectivity index (χ0) is 24.2. The van der Waals surface area contributed by atoms with Crippen molar-refractivity contribution in [2.24, 2.45) is 0 Å². The monoisotopic (exact) mass is 462 g/mol. The molecule has 34 heavy (non-hydrogen) atoms. The molecular weight excluding hydrogens is 436 g/mol. The van der Waals surface area contributed by atoms with Gasteiger partial charge in [-0.3, -0.25) is 29.4 Å². The predicted octanol–water partition coefficient (Wildman–Crippen LogP) is 2.06. The van der Waals surface area contributed by atoms with Crippen LogP contribution in [0.2, 0.25) is 0 Å². The van der Waals surface area contributed by atoms with E-state index in [0.29, 0.717) is 29.8 Å². The lowest BCUT2D eigenvalue weighted by Crippen LogP contribution is -2.54. The summed E-state index contributed by atoms with van der Waals surface area (Å²) in [5.41, 5.74) is 8.42. The molecule has 176 valence electrons. The van der Waals surface area contributed by atoms with Crippen LogP contribution >= 0.6 is 0 Å². The highest BCUT2D eigenvalue weighted by Crippen LogP contribution is 2.40. The Balaban J connectivity index is 1.41. The number of carbonyl (C=O) groups excluding carboxylic acids is 4. The fourth-order valence-electron chi connectivity index (χ4n) is 5.02. The van der Waals surface area contributed by atoms with E-state index in [1.165, 1.54) is 0 Å². The van der Waals surface area contributed by atoms with Gasteiger partial charge in [-0.15, -0.1) is 0 Å². The maximum absolute atomic E-state index is 13.3. The Labute approximate surface area is 196 Å². The van der Waals surface area contributed by atoms with Crippen molar-refractivity contribution in [2.45, 2.75) is 57.3 Å². The van der Waals surface area contributed by atoms with Crippen LogP contribution in [0.3, 0.4) is 0 Å². The number of ether oxygens (including phenoxy) is 1. The minimum absolute atomic E-state index is 0.0726. The standard InChI is InChI=1S/C25H26N4O5/c1-25(2)11-17(16-10-14(26)6-8-19(16)34-25)27-12-13-4-3-5-15-21(13)24(33)29(23(15)32)18-7-9-20(30)28-22(18)31/h3-6,8,10,17-18,27H,7,9,11-12,26H2,1-2H3,(H,28,30,31). The van der Waals surface area contributed by atoms with E-state index in [1.807, 2.05) is 26.0 Å². The summed E-state index contributed by atoms with van der Waals surface area (Å²) in [4.78, 5) is 51.2. The normalized spacial score (nSPS) is 23.3. The van der Waals surface area contributed by atoms with E-state index in [4.69, 9.17) is 10.5 Å². The molecule has 3 aliphatic rings. The van der Waals surface area contributed by atoms with Gasteiger partial charge >= 0.3 is 0 Å². The molecule has 0 aliphatic carbocycles. The average Bonchev–Trinajstić information content (AvgIpc) is 3.03. The number of fused-ring (bicyclic) bond motifs is 2. The van der Waals surface area contributed by atoms with Gasteiger partial charge in [-0.1, -0.05) is 12.1 Å². The van der Waals surface area contributed by atoms with E-state index in [0.717, 1.165) is 16.2 Å². The third-order valence-corrected chi connectivity index (χ3v) is 6.58. The fraction of sp³-hybridized carbons (Fsp3) is 0.360.